The second kappa shape index (κ2) is 19.8. The Morgan fingerprint density at radius 1 is 0.542 bits per heavy atom. The molecule has 24 heavy (non-hydrogen) atoms. The molecule has 2 unspecified atom stereocenters. The Morgan fingerprint density at radius 2 is 0.875 bits per heavy atom. The van der Waals surface area contributed by atoms with Crippen LogP contribution in [0.15, 0.2) is 0 Å². The number of unbranched alkanes of at least 4 members (excludes halogenated alkanes) is 10. The van der Waals surface area contributed by atoms with Crippen molar-refractivity contribution in [3.8, 4) is 0 Å². The zero-order valence-corrected chi connectivity index (χ0v) is 17.6. The van der Waals surface area contributed by atoms with Gasteiger partial charge in [0.1, 0.15) is 11.1 Å². The molecule has 0 saturated heterocycles. The van der Waals surface area contributed by atoms with Gasteiger partial charge in [0.15, 0.2) is 0 Å². The third-order valence-corrected chi connectivity index (χ3v) is 4.94. The molecular formula is C20H40Cl2O2. The fourth-order valence-corrected chi connectivity index (χ4v) is 3.18. The van der Waals surface area contributed by atoms with E-state index in [1.807, 2.05) is 0 Å². The topological polar surface area (TPSA) is 18.5 Å². The summed E-state index contributed by atoms with van der Waals surface area (Å²) >= 11 is 12.3. The van der Waals surface area contributed by atoms with Gasteiger partial charge in [-0.25, -0.2) is 0 Å². The number of alkyl halides is 2. The van der Waals surface area contributed by atoms with E-state index in [9.17, 15) is 0 Å². The van der Waals surface area contributed by atoms with E-state index in [4.69, 9.17) is 32.7 Å². The average molecular weight is 383 g/mol. The van der Waals surface area contributed by atoms with Crippen LogP contribution in [0.3, 0.4) is 0 Å². The van der Waals surface area contributed by atoms with Gasteiger partial charge in [0.25, 0.3) is 0 Å². The van der Waals surface area contributed by atoms with Gasteiger partial charge in [-0.3, -0.25) is 0 Å². The van der Waals surface area contributed by atoms with Crippen LogP contribution in [0.25, 0.3) is 0 Å². The highest BCUT2D eigenvalue weighted by Crippen LogP contribution is 2.14. The lowest BCUT2D eigenvalue weighted by atomic mass is 10.1. The van der Waals surface area contributed by atoms with Crippen molar-refractivity contribution in [2.75, 3.05) is 13.2 Å². The van der Waals surface area contributed by atoms with Gasteiger partial charge in [0.05, 0.1) is 13.2 Å². The van der Waals surface area contributed by atoms with Crippen LogP contribution in [0.5, 0.6) is 0 Å². The van der Waals surface area contributed by atoms with Gasteiger partial charge in [0.2, 0.25) is 0 Å². The molecule has 0 bridgehead atoms. The van der Waals surface area contributed by atoms with Gasteiger partial charge in [-0.05, 0) is 25.7 Å². The van der Waals surface area contributed by atoms with Crippen LogP contribution in [-0.4, -0.2) is 24.3 Å². The molecule has 0 spiro atoms. The maximum absolute atomic E-state index is 6.17. The smallest absolute Gasteiger partial charge is 0.131 e. The van der Waals surface area contributed by atoms with Crippen molar-refractivity contribution in [2.45, 2.75) is 115 Å². The third kappa shape index (κ3) is 18.8. The molecule has 0 aliphatic rings. The molecule has 146 valence electrons. The average Bonchev–Trinajstić information content (AvgIpc) is 2.58. The van der Waals surface area contributed by atoms with Crippen molar-refractivity contribution in [1.82, 2.24) is 0 Å². The molecule has 0 radical (unpaired) electrons. The molecule has 0 N–H and O–H groups in total. The van der Waals surface area contributed by atoms with Crippen molar-refractivity contribution < 1.29 is 9.47 Å². The van der Waals surface area contributed by atoms with Crippen LogP contribution in [0.2, 0.25) is 0 Å². The quantitative estimate of drug-likeness (QED) is 0.168. The Bertz CT molecular complexity index is 216. The molecular weight excluding hydrogens is 343 g/mol. The number of halogens is 2. The minimum atomic E-state index is -0.188. The predicted molar refractivity (Wildman–Crippen MR) is 107 cm³/mol. The lowest BCUT2D eigenvalue weighted by Crippen LogP contribution is -2.14. The highest BCUT2D eigenvalue weighted by Gasteiger charge is 2.07. The maximum atomic E-state index is 6.17. The molecule has 0 aliphatic heterocycles. The van der Waals surface area contributed by atoms with Gasteiger partial charge < -0.3 is 9.47 Å². The first-order chi connectivity index (χ1) is 11.7. The monoisotopic (exact) mass is 382 g/mol. The Hall–Kier alpha value is 0.500. The van der Waals surface area contributed by atoms with Gasteiger partial charge in [-0.1, -0.05) is 101 Å². The summed E-state index contributed by atoms with van der Waals surface area (Å²) in [5.74, 6) is 0. The van der Waals surface area contributed by atoms with Gasteiger partial charge in [-0.15, -0.1) is 0 Å². The van der Waals surface area contributed by atoms with Crippen LogP contribution in [0, 0.1) is 0 Å². The molecule has 0 rings (SSSR count). The lowest BCUT2D eigenvalue weighted by molar-refractivity contribution is 0.0185. The largest absolute Gasteiger partial charge is 0.360 e. The van der Waals surface area contributed by atoms with E-state index < -0.39 is 0 Å². The normalized spacial score (nSPS) is 14.0. The van der Waals surface area contributed by atoms with E-state index in [0.717, 1.165) is 25.7 Å². The van der Waals surface area contributed by atoms with Crippen LogP contribution in [0.1, 0.15) is 104 Å². The summed E-state index contributed by atoms with van der Waals surface area (Å²) in [6.07, 6.45) is 17.2. The first-order valence-corrected chi connectivity index (χ1v) is 11.1. The zero-order chi connectivity index (χ0) is 17.9. The summed E-state index contributed by atoms with van der Waals surface area (Å²) in [5.41, 5.74) is -0.376. The first kappa shape index (κ1) is 24.5. The van der Waals surface area contributed by atoms with Crippen LogP contribution in [0.4, 0.5) is 0 Å². The highest BCUT2D eigenvalue weighted by atomic mass is 35.5. The van der Waals surface area contributed by atoms with Gasteiger partial charge in [0, 0.05) is 0 Å². The molecule has 4 heteroatoms. The van der Waals surface area contributed by atoms with Gasteiger partial charge >= 0.3 is 0 Å². The SMILES string of the molecule is CCCCCCCCC(Cl)OCCOC(Cl)CCCCCCCC. The second-order valence-corrected chi connectivity index (χ2v) is 7.65. The molecule has 0 fully saturated rings. The lowest BCUT2D eigenvalue weighted by Gasteiger charge is -2.14. The summed E-state index contributed by atoms with van der Waals surface area (Å²) in [6.45, 7) is 5.54. The minimum Gasteiger partial charge on any atom is -0.360 e. The van der Waals surface area contributed by atoms with E-state index in [1.165, 1.54) is 64.2 Å². The van der Waals surface area contributed by atoms with Crippen molar-refractivity contribution in [3.63, 3.8) is 0 Å². The van der Waals surface area contributed by atoms with Crippen LogP contribution in [-0.2, 0) is 9.47 Å². The fraction of sp³-hybridized carbons (Fsp3) is 1.00. The van der Waals surface area contributed by atoms with E-state index in [2.05, 4.69) is 13.8 Å². The summed E-state index contributed by atoms with van der Waals surface area (Å²) in [7, 11) is 0. The standard InChI is InChI=1S/C20H40Cl2O2/c1-3-5-7-9-11-13-15-19(21)23-17-18-24-20(22)16-14-12-10-8-6-4-2/h19-20H,3-18H2,1-2H3. The van der Waals surface area contributed by atoms with Crippen molar-refractivity contribution in [2.24, 2.45) is 0 Å². The molecule has 0 aromatic rings. The summed E-state index contributed by atoms with van der Waals surface area (Å²) < 4.78 is 11.1. The molecule has 0 aliphatic carbocycles. The Balaban J connectivity index is 3.28. The van der Waals surface area contributed by atoms with Crippen LogP contribution >= 0.6 is 23.2 Å². The Labute approximate surface area is 161 Å². The number of rotatable bonds is 19. The van der Waals surface area contributed by atoms with Crippen molar-refractivity contribution in [1.29, 1.82) is 0 Å². The molecule has 2 nitrogen and oxygen atoms in total. The number of hydrogen-bond donors (Lipinski definition) is 0. The van der Waals surface area contributed by atoms with Gasteiger partial charge in [-0.2, -0.15) is 0 Å². The molecule has 2 atom stereocenters. The predicted octanol–water partition coefficient (Wildman–Crippen LogP) is 7.65. The first-order valence-electron chi connectivity index (χ1n) is 10.2. The van der Waals surface area contributed by atoms with E-state index in [-0.39, 0.29) is 11.1 Å². The van der Waals surface area contributed by atoms with Crippen LogP contribution < -0.4 is 0 Å². The third-order valence-electron chi connectivity index (χ3n) is 4.25. The van der Waals surface area contributed by atoms with E-state index in [0.29, 0.717) is 13.2 Å². The fourth-order valence-electron chi connectivity index (χ4n) is 2.69. The molecule has 0 aromatic heterocycles. The number of ether oxygens (including phenoxy) is 2. The Morgan fingerprint density at radius 3 is 1.25 bits per heavy atom. The Kier molecular flexibility index (Phi) is 20.2. The second-order valence-electron chi connectivity index (χ2n) is 6.67. The summed E-state index contributed by atoms with van der Waals surface area (Å²) in [6, 6.07) is 0. The maximum Gasteiger partial charge on any atom is 0.131 e. The minimum absolute atomic E-state index is 0.188. The summed E-state index contributed by atoms with van der Waals surface area (Å²) in [5, 5.41) is 0. The van der Waals surface area contributed by atoms with E-state index >= 15 is 0 Å². The molecule has 0 amide bonds. The summed E-state index contributed by atoms with van der Waals surface area (Å²) in [4.78, 5) is 0. The molecule has 0 heterocycles. The molecule has 0 saturated carbocycles. The van der Waals surface area contributed by atoms with E-state index in [1.54, 1.807) is 0 Å². The van der Waals surface area contributed by atoms with Crippen molar-refractivity contribution >= 4 is 23.2 Å². The highest BCUT2D eigenvalue weighted by molar-refractivity contribution is 6.19. The number of hydrogen-bond acceptors (Lipinski definition) is 2. The van der Waals surface area contributed by atoms with Crippen molar-refractivity contribution in [3.05, 3.63) is 0 Å². The molecule has 0 aromatic carbocycles. The zero-order valence-electron chi connectivity index (χ0n) is 16.0.